The summed E-state index contributed by atoms with van der Waals surface area (Å²) < 4.78 is 12.7. The van der Waals surface area contributed by atoms with E-state index in [-0.39, 0.29) is 36.2 Å². The van der Waals surface area contributed by atoms with Gasteiger partial charge >= 0.3 is 5.97 Å². The van der Waals surface area contributed by atoms with Crippen molar-refractivity contribution in [3.8, 4) is 5.75 Å². The number of anilines is 1. The minimum atomic E-state index is -0.940. The first-order valence-corrected chi connectivity index (χ1v) is 14.5. The molecule has 1 heterocycles. The number of carbonyl (C=O) groups is 2. The van der Waals surface area contributed by atoms with Gasteiger partial charge in [0.1, 0.15) is 5.75 Å². The van der Waals surface area contributed by atoms with Crippen molar-refractivity contribution in [3.63, 3.8) is 0 Å². The van der Waals surface area contributed by atoms with E-state index < -0.39 is 12.0 Å². The molecule has 0 radical (unpaired) electrons. The number of nitrogens with zero attached hydrogens (tertiary/aromatic N) is 3. The van der Waals surface area contributed by atoms with Gasteiger partial charge in [0.05, 0.1) is 36.0 Å². The summed E-state index contributed by atoms with van der Waals surface area (Å²) in [6.45, 7) is 8.11. The molecule has 2 N–H and O–H groups in total. The Morgan fingerprint density at radius 2 is 1.80 bits per heavy atom. The molecule has 0 aliphatic carbocycles. The zero-order valence-corrected chi connectivity index (χ0v) is 25.4. The number of benzene rings is 2. The summed E-state index contributed by atoms with van der Waals surface area (Å²) in [4.78, 5) is 31.2. The van der Waals surface area contributed by atoms with Gasteiger partial charge in [0.2, 0.25) is 0 Å². The molecule has 9 heteroatoms. The second kappa shape index (κ2) is 15.2. The van der Waals surface area contributed by atoms with E-state index in [0.29, 0.717) is 37.6 Å². The van der Waals surface area contributed by atoms with Crippen molar-refractivity contribution in [1.82, 2.24) is 9.80 Å². The molecule has 0 saturated carbocycles. The van der Waals surface area contributed by atoms with Crippen LogP contribution in [-0.4, -0.2) is 97.6 Å². The van der Waals surface area contributed by atoms with E-state index in [4.69, 9.17) is 9.47 Å². The minimum Gasteiger partial charge on any atom is -0.490 e. The Morgan fingerprint density at radius 1 is 1.10 bits per heavy atom. The lowest BCUT2D eigenvalue weighted by Crippen LogP contribution is -2.47. The van der Waals surface area contributed by atoms with Gasteiger partial charge in [0.15, 0.2) is 0 Å². The highest BCUT2D eigenvalue weighted by Crippen LogP contribution is 2.29. The van der Waals surface area contributed by atoms with Crippen LogP contribution in [0, 0.1) is 5.92 Å². The Morgan fingerprint density at radius 3 is 2.44 bits per heavy atom. The predicted octanol–water partition coefficient (Wildman–Crippen LogP) is 4.38. The summed E-state index contributed by atoms with van der Waals surface area (Å²) in [7, 11) is 5.89. The summed E-state index contributed by atoms with van der Waals surface area (Å²) >= 11 is 0. The van der Waals surface area contributed by atoms with Crippen LogP contribution >= 0.6 is 0 Å². The number of carboxylic acids is 1. The van der Waals surface area contributed by atoms with Crippen LogP contribution < -0.4 is 9.64 Å². The van der Waals surface area contributed by atoms with E-state index in [0.717, 1.165) is 30.5 Å². The van der Waals surface area contributed by atoms with Crippen LogP contribution in [0.4, 0.5) is 5.69 Å². The van der Waals surface area contributed by atoms with Crippen LogP contribution in [0.15, 0.2) is 42.5 Å². The number of rotatable bonds is 8. The average Bonchev–Trinajstić information content (AvgIpc) is 2.94. The van der Waals surface area contributed by atoms with Crippen molar-refractivity contribution in [3.05, 3.63) is 59.2 Å². The standard InChI is InChI=1S/C32H47N3O6/c1-22-18-35(23(2)21-36)31(37)28-17-27(33(4)5)14-15-29(28)41-24(3)9-7-8-16-40-30(22)20-34(6)19-25-10-12-26(13-11-25)32(38)39/h10-15,17,22-24,30,36H,7-9,16,18-21H2,1-6H3,(H,38,39)/t22-,23-,24-,30-/m1/s1. The number of hydrogen-bond donors (Lipinski definition) is 2. The molecule has 3 rings (SSSR count). The summed E-state index contributed by atoms with van der Waals surface area (Å²) in [5.74, 6) is -0.570. The second-order valence-corrected chi connectivity index (χ2v) is 11.6. The van der Waals surface area contributed by atoms with Gasteiger partial charge in [0, 0.05) is 51.9 Å². The molecule has 0 fully saturated rings. The van der Waals surface area contributed by atoms with Gasteiger partial charge in [-0.15, -0.1) is 0 Å². The molecule has 1 aliphatic rings. The third kappa shape index (κ3) is 9.18. The lowest BCUT2D eigenvalue weighted by atomic mass is 10.0. The minimum absolute atomic E-state index is 0.0203. The van der Waals surface area contributed by atoms with Crippen molar-refractivity contribution in [2.75, 3.05) is 52.3 Å². The van der Waals surface area contributed by atoms with Crippen molar-refractivity contribution < 1.29 is 29.3 Å². The van der Waals surface area contributed by atoms with E-state index in [1.54, 1.807) is 17.0 Å². The zero-order valence-electron chi connectivity index (χ0n) is 25.4. The fraction of sp³-hybridized carbons (Fsp3) is 0.562. The molecular formula is C32H47N3O6. The predicted molar refractivity (Wildman–Crippen MR) is 161 cm³/mol. The number of fused-ring (bicyclic) bond motifs is 1. The molecular weight excluding hydrogens is 522 g/mol. The SMILES string of the molecule is C[C@@H]1CCCCO[C@H](CN(C)Cc2ccc(C(=O)O)cc2)[C@H](C)CN([C@H](C)CO)C(=O)c2cc(N(C)C)ccc2O1. The van der Waals surface area contributed by atoms with E-state index in [1.807, 2.05) is 70.2 Å². The first-order chi connectivity index (χ1) is 19.5. The molecule has 226 valence electrons. The Balaban J connectivity index is 1.87. The van der Waals surface area contributed by atoms with Gasteiger partial charge in [-0.2, -0.15) is 0 Å². The summed E-state index contributed by atoms with van der Waals surface area (Å²) in [6, 6.07) is 12.2. The number of aliphatic hydroxyl groups excluding tert-OH is 1. The van der Waals surface area contributed by atoms with Gasteiger partial charge in [-0.05, 0) is 76.1 Å². The monoisotopic (exact) mass is 569 g/mol. The Labute approximate surface area is 244 Å². The number of aliphatic hydroxyl groups is 1. The van der Waals surface area contributed by atoms with Crippen LogP contribution in [0.3, 0.4) is 0 Å². The lowest BCUT2D eigenvalue weighted by Gasteiger charge is -2.36. The average molecular weight is 570 g/mol. The maximum atomic E-state index is 14.1. The van der Waals surface area contributed by atoms with Crippen LogP contribution in [0.25, 0.3) is 0 Å². The van der Waals surface area contributed by atoms with Gasteiger partial charge < -0.3 is 29.5 Å². The maximum absolute atomic E-state index is 14.1. The molecule has 1 aliphatic heterocycles. The van der Waals surface area contributed by atoms with Gasteiger partial charge in [-0.25, -0.2) is 4.79 Å². The lowest BCUT2D eigenvalue weighted by molar-refractivity contribution is -0.0177. The molecule has 0 unspecified atom stereocenters. The van der Waals surface area contributed by atoms with Crippen molar-refractivity contribution in [2.24, 2.45) is 5.92 Å². The summed E-state index contributed by atoms with van der Waals surface area (Å²) in [5, 5.41) is 19.3. The number of carbonyl (C=O) groups excluding carboxylic acids is 1. The number of ether oxygens (including phenoxy) is 2. The van der Waals surface area contributed by atoms with Crippen molar-refractivity contribution in [2.45, 2.75) is 64.8 Å². The molecule has 2 aromatic rings. The highest BCUT2D eigenvalue weighted by Gasteiger charge is 2.30. The van der Waals surface area contributed by atoms with E-state index in [2.05, 4.69) is 11.8 Å². The third-order valence-electron chi connectivity index (χ3n) is 7.70. The van der Waals surface area contributed by atoms with Crippen LogP contribution in [-0.2, 0) is 11.3 Å². The molecule has 41 heavy (non-hydrogen) atoms. The molecule has 2 aromatic carbocycles. The fourth-order valence-corrected chi connectivity index (χ4v) is 5.09. The number of amides is 1. The smallest absolute Gasteiger partial charge is 0.335 e. The summed E-state index contributed by atoms with van der Waals surface area (Å²) in [5.41, 5.74) is 2.67. The molecule has 0 spiro atoms. The molecule has 1 amide bonds. The fourth-order valence-electron chi connectivity index (χ4n) is 5.09. The Bertz CT molecular complexity index is 1140. The number of hydrogen-bond acceptors (Lipinski definition) is 7. The number of aromatic carboxylic acids is 1. The quantitative estimate of drug-likeness (QED) is 0.483. The van der Waals surface area contributed by atoms with Crippen molar-refractivity contribution in [1.29, 1.82) is 0 Å². The topological polar surface area (TPSA) is 103 Å². The van der Waals surface area contributed by atoms with E-state index in [1.165, 1.54) is 0 Å². The van der Waals surface area contributed by atoms with Crippen molar-refractivity contribution >= 4 is 17.6 Å². The Hall–Kier alpha value is -3.14. The molecule has 0 saturated heterocycles. The van der Waals surface area contributed by atoms with Gasteiger partial charge in [-0.1, -0.05) is 19.1 Å². The van der Waals surface area contributed by atoms with E-state index in [9.17, 15) is 19.8 Å². The van der Waals surface area contributed by atoms with Crippen LogP contribution in [0.5, 0.6) is 5.75 Å². The largest absolute Gasteiger partial charge is 0.490 e. The molecule has 4 atom stereocenters. The normalized spacial score (nSPS) is 21.5. The first kappa shape index (κ1) is 32.4. The van der Waals surface area contributed by atoms with Gasteiger partial charge in [-0.3, -0.25) is 9.69 Å². The summed E-state index contributed by atoms with van der Waals surface area (Å²) in [6.07, 6.45) is 2.48. The van der Waals surface area contributed by atoms with Crippen LogP contribution in [0.1, 0.15) is 66.3 Å². The highest BCUT2D eigenvalue weighted by molar-refractivity contribution is 5.98. The third-order valence-corrected chi connectivity index (χ3v) is 7.70. The van der Waals surface area contributed by atoms with E-state index >= 15 is 0 Å². The Kier molecular flexibility index (Phi) is 12.0. The second-order valence-electron chi connectivity index (χ2n) is 11.6. The van der Waals surface area contributed by atoms with Gasteiger partial charge in [0.25, 0.3) is 5.91 Å². The molecule has 0 bridgehead atoms. The van der Waals surface area contributed by atoms with Crippen LogP contribution in [0.2, 0.25) is 0 Å². The zero-order chi connectivity index (χ0) is 30.1. The number of likely N-dealkylation sites (N-methyl/N-ethyl adjacent to an activating group) is 1. The molecule has 0 aromatic heterocycles. The maximum Gasteiger partial charge on any atom is 0.335 e. The first-order valence-electron chi connectivity index (χ1n) is 14.5. The molecule has 9 nitrogen and oxygen atoms in total. The highest BCUT2D eigenvalue weighted by atomic mass is 16.5. The number of carboxylic acid groups (broad SMARTS) is 1.